The van der Waals surface area contributed by atoms with Crippen LogP contribution in [0, 0.1) is 0 Å². The molecule has 0 fully saturated rings. The molecule has 0 spiro atoms. The summed E-state index contributed by atoms with van der Waals surface area (Å²) in [7, 11) is 0. The Balaban J connectivity index is 1.33. The first-order valence-electron chi connectivity index (χ1n) is 17.7. The zero-order valence-electron chi connectivity index (χ0n) is 30.2. The minimum absolute atomic E-state index is 0.149. The number of nitrogens with zero attached hydrogens (tertiary/aromatic N) is 5. The fourth-order valence-corrected chi connectivity index (χ4v) is 6.02. The fraction of sp³-hybridized carbons (Fsp3) is 0.108. The number of hydrogen-bond donors (Lipinski definition) is 0. The first kappa shape index (κ1) is 16.8. The maximum atomic E-state index is 9.03. The number of aryl methyl sites for hydroxylation is 4. The van der Waals surface area contributed by atoms with Crippen molar-refractivity contribution in [3.8, 4) is 11.6 Å². The molecule has 5 nitrogen and oxygen atoms in total. The van der Waals surface area contributed by atoms with Gasteiger partial charge in [0, 0.05) is 50.9 Å². The van der Waals surface area contributed by atoms with Crippen LogP contribution in [0.15, 0.2) is 115 Å². The molecule has 5 aromatic carbocycles. The topological polar surface area (TPSA) is 48.5 Å². The second kappa shape index (κ2) is 9.11. The van der Waals surface area contributed by atoms with Gasteiger partial charge in [-0.15, -0.1) is 0 Å². The quantitative estimate of drug-likeness (QED) is 0.220. The van der Waals surface area contributed by atoms with Gasteiger partial charge in [0.25, 0.3) is 0 Å². The first-order chi connectivity index (χ1) is 23.8. The van der Waals surface area contributed by atoms with Crippen LogP contribution in [0.1, 0.15) is 33.7 Å². The molecule has 4 heterocycles. The minimum atomic E-state index is -2.86. The predicted molar refractivity (Wildman–Crippen MR) is 170 cm³/mol. The molecule has 0 saturated carbocycles. The molecule has 5 heteroatoms. The molecule has 0 saturated heterocycles. The van der Waals surface area contributed by atoms with E-state index < -0.39 is 37.1 Å². The summed E-state index contributed by atoms with van der Waals surface area (Å²) in [5.41, 5.74) is 3.98. The van der Waals surface area contributed by atoms with Gasteiger partial charge >= 0.3 is 0 Å². The van der Waals surface area contributed by atoms with Crippen LogP contribution in [-0.2, 0) is 25.5 Å². The Kier molecular flexibility index (Phi) is 3.66. The van der Waals surface area contributed by atoms with Crippen molar-refractivity contribution in [3.05, 3.63) is 138 Å². The van der Waals surface area contributed by atoms with E-state index in [1.807, 2.05) is 60.7 Å². The van der Waals surface area contributed by atoms with Crippen LogP contribution in [0.5, 0.6) is 0 Å². The van der Waals surface area contributed by atoms with Crippen molar-refractivity contribution in [2.45, 2.75) is 25.5 Å². The monoisotopic (exact) mass is 549 g/mol. The molecule has 200 valence electrons. The third-order valence-corrected chi connectivity index (χ3v) is 7.82. The molecule has 1 aliphatic rings. The SMILES string of the molecule is [2H]C1([2H])c2cccc(c2)C([2H])([2H])C([2H])([2H])c2nc(-n3c4ccccc4c4cc(-n5c6ccccc6c6ccccc65)ccc43)nc(n2)C1([2H])[2H]. The molecular formula is C37H27N5. The molecule has 0 aliphatic carbocycles. The highest BCUT2D eigenvalue weighted by Crippen LogP contribution is 2.36. The predicted octanol–water partition coefficient (Wildman–Crippen LogP) is 7.95. The van der Waals surface area contributed by atoms with E-state index in [1.165, 1.54) is 24.3 Å². The first-order valence-corrected chi connectivity index (χ1v) is 13.7. The highest BCUT2D eigenvalue weighted by atomic mass is 15.2. The van der Waals surface area contributed by atoms with E-state index in [1.54, 1.807) is 4.57 Å². The lowest BCUT2D eigenvalue weighted by atomic mass is 10.0. The van der Waals surface area contributed by atoms with Gasteiger partial charge in [-0.05, 0) is 60.3 Å². The zero-order chi connectivity index (χ0) is 34.8. The smallest absolute Gasteiger partial charge is 0.238 e. The van der Waals surface area contributed by atoms with Crippen LogP contribution < -0.4 is 0 Å². The van der Waals surface area contributed by atoms with E-state index >= 15 is 0 Å². The van der Waals surface area contributed by atoms with Crippen LogP contribution >= 0.6 is 0 Å². The lowest BCUT2D eigenvalue weighted by molar-refractivity contribution is 0.744. The Labute approximate surface area is 254 Å². The number of aromatic nitrogens is 5. The maximum Gasteiger partial charge on any atom is 0.238 e. The van der Waals surface area contributed by atoms with Crippen molar-refractivity contribution < 1.29 is 11.0 Å². The molecule has 1 aliphatic heterocycles. The Hall–Kier alpha value is -5.29. The number of para-hydroxylation sites is 3. The third-order valence-electron chi connectivity index (χ3n) is 7.82. The van der Waals surface area contributed by atoms with Gasteiger partial charge in [0.15, 0.2) is 0 Å². The Morgan fingerprint density at radius 2 is 0.976 bits per heavy atom. The summed E-state index contributed by atoms with van der Waals surface area (Å²) < 4.78 is 75.6. The third kappa shape index (κ3) is 3.60. The van der Waals surface area contributed by atoms with E-state index in [0.717, 1.165) is 38.3 Å². The van der Waals surface area contributed by atoms with Crippen molar-refractivity contribution in [1.82, 2.24) is 24.1 Å². The molecule has 8 aromatic rings. The van der Waals surface area contributed by atoms with E-state index in [4.69, 9.17) is 11.0 Å². The Bertz CT molecular complexity index is 2580. The van der Waals surface area contributed by atoms with Gasteiger partial charge in [-0.1, -0.05) is 78.9 Å². The number of hydrogen-bond acceptors (Lipinski definition) is 3. The zero-order valence-corrected chi connectivity index (χ0v) is 22.2. The average molecular weight is 550 g/mol. The summed E-state index contributed by atoms with van der Waals surface area (Å²) in [6, 6.07) is 35.2. The van der Waals surface area contributed by atoms with Crippen LogP contribution in [0.2, 0.25) is 0 Å². The van der Waals surface area contributed by atoms with Crippen LogP contribution in [0.3, 0.4) is 0 Å². The molecular weight excluding hydrogens is 514 g/mol. The largest absolute Gasteiger partial charge is 0.309 e. The Morgan fingerprint density at radius 1 is 0.452 bits per heavy atom. The normalized spacial score (nSPS) is 21.0. The van der Waals surface area contributed by atoms with Gasteiger partial charge in [-0.25, -0.2) is 4.98 Å². The van der Waals surface area contributed by atoms with Crippen molar-refractivity contribution in [1.29, 1.82) is 0 Å². The second-order valence-corrected chi connectivity index (χ2v) is 10.3. The van der Waals surface area contributed by atoms with Gasteiger partial charge in [0.2, 0.25) is 5.95 Å². The van der Waals surface area contributed by atoms with Crippen molar-refractivity contribution in [2.75, 3.05) is 0 Å². The standard InChI is InChI=1S/C37H27N5/c1-4-13-31-27(10-1)28-11-2-5-14-32(28)41(31)26-18-19-34-30(23-26)29-12-3-6-15-33(29)42(34)37-39-35-20-16-24-8-7-9-25(22-24)17-21-36(38-35)40-37/h1-15,18-19,22-23H,16-17,20-21H2/i16D2,17D2,20D2,21D2. The average Bonchev–Trinajstić information content (AvgIpc) is 3.63. The number of rotatable bonds is 2. The minimum Gasteiger partial charge on any atom is -0.309 e. The molecule has 9 rings (SSSR count). The summed E-state index contributed by atoms with van der Waals surface area (Å²) in [6.45, 7) is 0. The van der Waals surface area contributed by atoms with Gasteiger partial charge in [0.1, 0.15) is 11.6 Å². The van der Waals surface area contributed by atoms with Crippen LogP contribution in [0.25, 0.3) is 55.2 Å². The van der Waals surface area contributed by atoms with E-state index in [2.05, 4.69) is 49.9 Å². The van der Waals surface area contributed by atoms with Crippen LogP contribution in [0.4, 0.5) is 0 Å². The molecule has 42 heavy (non-hydrogen) atoms. The summed E-state index contributed by atoms with van der Waals surface area (Å²) >= 11 is 0. The van der Waals surface area contributed by atoms with E-state index in [0.29, 0.717) is 11.0 Å². The summed E-state index contributed by atoms with van der Waals surface area (Å²) in [4.78, 5) is 13.2. The molecule has 0 N–H and O–H groups in total. The van der Waals surface area contributed by atoms with Crippen molar-refractivity contribution >= 4 is 43.6 Å². The van der Waals surface area contributed by atoms with Gasteiger partial charge in [0.05, 0.1) is 22.1 Å². The Morgan fingerprint density at radius 3 is 1.60 bits per heavy atom. The fourth-order valence-electron chi connectivity index (χ4n) is 6.02. The van der Waals surface area contributed by atoms with Crippen LogP contribution in [-0.4, -0.2) is 24.1 Å². The highest BCUT2D eigenvalue weighted by Gasteiger charge is 2.19. The van der Waals surface area contributed by atoms with E-state index in [9.17, 15) is 0 Å². The van der Waals surface area contributed by atoms with E-state index in [-0.39, 0.29) is 17.1 Å². The lowest BCUT2D eigenvalue weighted by Gasteiger charge is -2.13. The lowest BCUT2D eigenvalue weighted by Crippen LogP contribution is -2.12. The molecule has 0 radical (unpaired) electrons. The van der Waals surface area contributed by atoms with Crippen molar-refractivity contribution in [2.24, 2.45) is 0 Å². The second-order valence-electron chi connectivity index (χ2n) is 10.3. The summed E-state index contributed by atoms with van der Waals surface area (Å²) in [6.07, 6.45) is -11.1. The van der Waals surface area contributed by atoms with Gasteiger partial charge in [-0.3, -0.25) is 4.57 Å². The number of fused-ring (bicyclic) bond motifs is 10. The molecule has 0 unspecified atom stereocenters. The molecule has 0 atom stereocenters. The molecule has 3 aromatic heterocycles. The summed E-state index contributed by atoms with van der Waals surface area (Å²) in [5, 5.41) is 3.91. The maximum absolute atomic E-state index is 9.03. The van der Waals surface area contributed by atoms with Gasteiger partial charge < -0.3 is 4.57 Å². The highest BCUT2D eigenvalue weighted by molar-refractivity contribution is 6.12. The summed E-state index contributed by atoms with van der Waals surface area (Å²) in [5.74, 6) is -1.42. The molecule has 0 amide bonds. The number of benzene rings is 5. The van der Waals surface area contributed by atoms with Gasteiger partial charge in [-0.2, -0.15) is 9.97 Å². The molecule has 4 bridgehead atoms. The van der Waals surface area contributed by atoms with Crippen molar-refractivity contribution in [3.63, 3.8) is 0 Å².